The van der Waals surface area contributed by atoms with Crippen LogP contribution in [0.1, 0.15) is 24.5 Å². The van der Waals surface area contributed by atoms with Gasteiger partial charge in [-0.3, -0.25) is 9.59 Å². The molecule has 2 N–H and O–H groups in total. The lowest BCUT2D eigenvalue weighted by Crippen LogP contribution is -2.50. The van der Waals surface area contributed by atoms with Crippen LogP contribution in [0.2, 0.25) is 0 Å². The molecule has 2 amide bonds. The van der Waals surface area contributed by atoms with Crippen molar-refractivity contribution in [2.75, 3.05) is 18.5 Å². The van der Waals surface area contributed by atoms with Crippen LogP contribution < -0.4 is 15.4 Å². The van der Waals surface area contributed by atoms with Gasteiger partial charge in [-0.25, -0.2) is 4.39 Å². The van der Waals surface area contributed by atoms with Crippen molar-refractivity contribution in [3.05, 3.63) is 95.8 Å². The Morgan fingerprint density at radius 3 is 2.43 bits per heavy atom. The van der Waals surface area contributed by atoms with Gasteiger partial charge in [-0.1, -0.05) is 48.5 Å². The van der Waals surface area contributed by atoms with Gasteiger partial charge in [-0.15, -0.1) is 0 Å². The van der Waals surface area contributed by atoms with Gasteiger partial charge in [0, 0.05) is 12.2 Å². The molecule has 0 bridgehead atoms. The Kier molecular flexibility index (Phi) is 7.41. The Hall–Kier alpha value is -3.78. The molecule has 1 aliphatic rings. The first-order chi connectivity index (χ1) is 16.9. The van der Waals surface area contributed by atoms with E-state index >= 15 is 0 Å². The molecule has 8 heteroatoms. The number of nitrogens with one attached hydrogen (secondary N) is 2. The van der Waals surface area contributed by atoms with E-state index in [0.29, 0.717) is 35.6 Å². The van der Waals surface area contributed by atoms with Crippen molar-refractivity contribution in [2.45, 2.75) is 25.3 Å². The van der Waals surface area contributed by atoms with Crippen molar-refractivity contribution in [1.29, 1.82) is 0 Å². The number of thiocarbonyl (C=S) groups is 1. The summed E-state index contributed by atoms with van der Waals surface area (Å²) in [6.45, 7) is 2.69. The van der Waals surface area contributed by atoms with Crippen LogP contribution in [0.25, 0.3) is 0 Å². The molecule has 180 valence electrons. The predicted molar refractivity (Wildman–Crippen MR) is 137 cm³/mol. The number of ether oxygens (including phenoxy) is 1. The predicted octanol–water partition coefficient (Wildman–Crippen LogP) is 4.41. The Bertz CT molecular complexity index is 1220. The van der Waals surface area contributed by atoms with Gasteiger partial charge in [0.2, 0.25) is 5.91 Å². The topological polar surface area (TPSA) is 70.7 Å². The molecule has 6 nitrogen and oxygen atoms in total. The summed E-state index contributed by atoms with van der Waals surface area (Å²) in [4.78, 5) is 28.3. The summed E-state index contributed by atoms with van der Waals surface area (Å²) in [5, 5.41) is 5.81. The second-order valence-electron chi connectivity index (χ2n) is 8.16. The third-order valence-electron chi connectivity index (χ3n) is 5.98. The summed E-state index contributed by atoms with van der Waals surface area (Å²) in [6, 6.07) is 22.6. The maximum atomic E-state index is 14.3. The molecule has 1 atom stereocenters. The summed E-state index contributed by atoms with van der Waals surface area (Å²) in [5.74, 6) is -0.362. The summed E-state index contributed by atoms with van der Waals surface area (Å²) >= 11 is 5.49. The van der Waals surface area contributed by atoms with Crippen molar-refractivity contribution in [3.63, 3.8) is 0 Å². The molecule has 1 saturated heterocycles. The summed E-state index contributed by atoms with van der Waals surface area (Å²) in [6.07, 6.45) is 0.143. The Labute approximate surface area is 209 Å². The van der Waals surface area contributed by atoms with Crippen LogP contribution in [0.5, 0.6) is 5.75 Å². The average molecular weight is 492 g/mol. The minimum Gasteiger partial charge on any atom is -0.494 e. The fourth-order valence-electron chi connectivity index (χ4n) is 4.31. The fraction of sp³-hybridized carbons (Fsp3) is 0.222. The number of hydrogen-bond donors (Lipinski definition) is 2. The van der Waals surface area contributed by atoms with Crippen LogP contribution in [-0.2, 0) is 21.5 Å². The Balaban J connectivity index is 1.62. The van der Waals surface area contributed by atoms with Crippen LogP contribution in [0.3, 0.4) is 0 Å². The number of amides is 2. The van der Waals surface area contributed by atoms with Crippen molar-refractivity contribution in [1.82, 2.24) is 10.2 Å². The fourth-order valence-corrected chi connectivity index (χ4v) is 4.65. The Morgan fingerprint density at radius 2 is 1.74 bits per heavy atom. The van der Waals surface area contributed by atoms with E-state index in [9.17, 15) is 14.0 Å². The van der Waals surface area contributed by atoms with E-state index in [1.807, 2.05) is 25.1 Å². The highest BCUT2D eigenvalue weighted by molar-refractivity contribution is 7.80. The molecule has 0 aliphatic carbocycles. The van der Waals surface area contributed by atoms with Gasteiger partial charge in [0.1, 0.15) is 11.6 Å². The highest BCUT2D eigenvalue weighted by Gasteiger charge is 2.53. The second-order valence-corrected chi connectivity index (χ2v) is 8.55. The first-order valence-electron chi connectivity index (χ1n) is 11.4. The van der Waals surface area contributed by atoms with Crippen LogP contribution in [-0.4, -0.2) is 35.0 Å². The second kappa shape index (κ2) is 10.7. The van der Waals surface area contributed by atoms with E-state index in [1.165, 1.54) is 6.07 Å². The lowest BCUT2D eigenvalue weighted by Gasteiger charge is -2.36. The zero-order valence-electron chi connectivity index (χ0n) is 19.3. The normalized spacial score (nSPS) is 17.3. The number of carbonyl (C=O) groups is 2. The minimum atomic E-state index is -1.36. The van der Waals surface area contributed by atoms with Crippen LogP contribution >= 0.6 is 12.2 Å². The maximum absolute atomic E-state index is 14.3. The first kappa shape index (κ1) is 24.3. The lowest BCUT2D eigenvalue weighted by molar-refractivity contribution is -0.131. The molecular formula is C27H26FN3O3S. The summed E-state index contributed by atoms with van der Waals surface area (Å²) in [7, 11) is 0. The quantitative estimate of drug-likeness (QED) is 0.434. The van der Waals surface area contributed by atoms with Gasteiger partial charge in [0.15, 0.2) is 10.7 Å². The number of rotatable bonds is 9. The standard InChI is InChI=1S/C27H26FN3O3S/c1-2-34-22-14-12-21(13-15-22)29-24(32)18-27(20-9-4-3-5-10-20)25(33)30-26(35)31(27)17-16-19-8-6-7-11-23(19)28/h3-15H,2,16-18H2,1H3,(H,29,32)(H,30,33,35). The van der Waals surface area contributed by atoms with Gasteiger partial charge >= 0.3 is 0 Å². The van der Waals surface area contributed by atoms with E-state index in [4.69, 9.17) is 17.0 Å². The summed E-state index contributed by atoms with van der Waals surface area (Å²) < 4.78 is 19.7. The Morgan fingerprint density at radius 1 is 1.06 bits per heavy atom. The van der Waals surface area contributed by atoms with E-state index in [1.54, 1.807) is 59.5 Å². The maximum Gasteiger partial charge on any atom is 0.257 e. The largest absolute Gasteiger partial charge is 0.494 e. The molecule has 1 unspecified atom stereocenters. The molecule has 3 aromatic rings. The van der Waals surface area contributed by atoms with Gasteiger partial charge in [-0.2, -0.15) is 0 Å². The first-order valence-corrected chi connectivity index (χ1v) is 11.8. The van der Waals surface area contributed by atoms with Crippen LogP contribution in [0.4, 0.5) is 10.1 Å². The highest BCUT2D eigenvalue weighted by atomic mass is 32.1. The van der Waals surface area contributed by atoms with E-state index in [-0.39, 0.29) is 35.7 Å². The number of anilines is 1. The molecule has 0 spiro atoms. The van der Waals surface area contributed by atoms with Crippen molar-refractivity contribution in [3.8, 4) is 5.75 Å². The molecule has 1 heterocycles. The van der Waals surface area contributed by atoms with Crippen molar-refractivity contribution in [2.24, 2.45) is 0 Å². The zero-order valence-corrected chi connectivity index (χ0v) is 20.1. The number of halogens is 1. The number of benzene rings is 3. The number of nitrogens with zero attached hydrogens (tertiary/aromatic N) is 1. The van der Waals surface area contributed by atoms with E-state index < -0.39 is 5.54 Å². The molecule has 0 saturated carbocycles. The molecule has 0 aromatic heterocycles. The van der Waals surface area contributed by atoms with Gasteiger partial charge in [-0.05, 0) is 67.0 Å². The molecule has 35 heavy (non-hydrogen) atoms. The smallest absolute Gasteiger partial charge is 0.257 e. The number of hydrogen-bond acceptors (Lipinski definition) is 4. The molecule has 3 aromatic carbocycles. The molecule has 0 radical (unpaired) electrons. The minimum absolute atomic E-state index is 0.173. The third kappa shape index (κ3) is 5.17. The molecule has 4 rings (SSSR count). The zero-order chi connectivity index (χ0) is 24.8. The SMILES string of the molecule is CCOc1ccc(NC(=O)CC2(c3ccccc3)C(=O)NC(=S)N2CCc2ccccc2F)cc1. The molecule has 1 aliphatic heterocycles. The van der Waals surface area contributed by atoms with Crippen LogP contribution in [0.15, 0.2) is 78.9 Å². The molecule has 1 fully saturated rings. The van der Waals surface area contributed by atoms with Crippen LogP contribution in [0, 0.1) is 5.82 Å². The van der Waals surface area contributed by atoms with Gasteiger partial charge in [0.25, 0.3) is 5.91 Å². The lowest BCUT2D eigenvalue weighted by atomic mass is 9.84. The van der Waals surface area contributed by atoms with E-state index in [0.717, 1.165) is 0 Å². The van der Waals surface area contributed by atoms with Crippen molar-refractivity contribution >= 4 is 34.8 Å². The average Bonchev–Trinajstić information content (AvgIpc) is 3.09. The third-order valence-corrected chi connectivity index (χ3v) is 6.30. The monoisotopic (exact) mass is 491 g/mol. The van der Waals surface area contributed by atoms with E-state index in [2.05, 4.69) is 10.6 Å². The number of carbonyl (C=O) groups excluding carboxylic acids is 2. The van der Waals surface area contributed by atoms with Gasteiger partial charge < -0.3 is 20.3 Å². The summed E-state index contributed by atoms with van der Waals surface area (Å²) in [5.41, 5.74) is 0.364. The highest BCUT2D eigenvalue weighted by Crippen LogP contribution is 2.37. The van der Waals surface area contributed by atoms with Crippen molar-refractivity contribution < 1.29 is 18.7 Å². The molecular weight excluding hydrogens is 465 g/mol. The van der Waals surface area contributed by atoms with Gasteiger partial charge in [0.05, 0.1) is 13.0 Å².